The lowest BCUT2D eigenvalue weighted by Crippen LogP contribution is -2.33. The van der Waals surface area contributed by atoms with Crippen LogP contribution in [0.2, 0.25) is 0 Å². The highest BCUT2D eigenvalue weighted by atomic mass is 19.1. The molecule has 1 aromatic rings. The van der Waals surface area contributed by atoms with Gasteiger partial charge in [0.2, 0.25) is 5.91 Å². The minimum absolute atomic E-state index is 0.0653. The number of carbonyl (C=O) groups excluding carboxylic acids is 3. The number of cyclic esters (lactones) is 1. The number of anilines is 1. The van der Waals surface area contributed by atoms with Crippen molar-refractivity contribution in [2.45, 2.75) is 37.3 Å². The first-order chi connectivity index (χ1) is 14.4. The first-order valence-electron chi connectivity index (χ1n) is 10.2. The number of aliphatic hydroxyl groups is 1. The van der Waals surface area contributed by atoms with E-state index in [-0.39, 0.29) is 47.9 Å². The molecule has 0 aromatic heterocycles. The van der Waals surface area contributed by atoms with Crippen molar-refractivity contribution in [1.82, 2.24) is 4.90 Å². The van der Waals surface area contributed by atoms with Gasteiger partial charge in [-0.3, -0.25) is 14.5 Å². The van der Waals surface area contributed by atoms with Crippen molar-refractivity contribution in [2.24, 2.45) is 11.8 Å². The van der Waals surface area contributed by atoms with Gasteiger partial charge < -0.3 is 19.5 Å². The standard InChI is InChI=1S/C21H23FN2O6/c1-29-19(27)3-2-17-16-5-10-4-11(14(22)6-15(10)24(16)21(28)30-17)20-12-7-23(8-13(12)20)18(26)9-25/h4,6,12-13,16-17,20,25H,2-3,5,7-9H2,1H3/t12?,13?,16-,17-,20?/m0/s1. The fraction of sp³-hybridized carbons (Fsp3) is 0.571. The molecule has 1 saturated carbocycles. The van der Waals surface area contributed by atoms with E-state index in [0.29, 0.717) is 37.2 Å². The van der Waals surface area contributed by atoms with Crippen molar-refractivity contribution in [2.75, 3.05) is 31.7 Å². The number of halogens is 1. The first-order valence-corrected chi connectivity index (χ1v) is 10.2. The van der Waals surface area contributed by atoms with Crippen molar-refractivity contribution < 1.29 is 33.4 Å². The summed E-state index contributed by atoms with van der Waals surface area (Å²) in [4.78, 5) is 38.6. The normalized spacial score (nSPS) is 30.6. The summed E-state index contributed by atoms with van der Waals surface area (Å²) >= 11 is 0. The quantitative estimate of drug-likeness (QED) is 0.722. The van der Waals surface area contributed by atoms with E-state index in [9.17, 15) is 18.8 Å². The monoisotopic (exact) mass is 418 g/mol. The maximum Gasteiger partial charge on any atom is 0.415 e. The first kappa shape index (κ1) is 19.3. The lowest BCUT2D eigenvalue weighted by Gasteiger charge is -2.19. The van der Waals surface area contributed by atoms with Crippen LogP contribution in [0.1, 0.15) is 29.9 Å². The topological polar surface area (TPSA) is 96.4 Å². The smallest absolute Gasteiger partial charge is 0.415 e. The van der Waals surface area contributed by atoms with Crippen LogP contribution in [0.15, 0.2) is 12.1 Å². The zero-order valence-electron chi connectivity index (χ0n) is 16.5. The molecule has 1 aliphatic carbocycles. The highest BCUT2D eigenvalue weighted by Gasteiger charge is 2.58. The van der Waals surface area contributed by atoms with Crippen LogP contribution in [0.25, 0.3) is 0 Å². The minimum Gasteiger partial charge on any atom is -0.469 e. The van der Waals surface area contributed by atoms with Gasteiger partial charge in [0.25, 0.3) is 0 Å². The number of fused-ring (bicyclic) bond motifs is 4. The predicted octanol–water partition coefficient (Wildman–Crippen LogP) is 1.19. The lowest BCUT2D eigenvalue weighted by molar-refractivity contribution is -0.141. The highest BCUT2D eigenvalue weighted by molar-refractivity contribution is 5.94. The largest absolute Gasteiger partial charge is 0.469 e. The summed E-state index contributed by atoms with van der Waals surface area (Å²) in [6, 6.07) is 3.02. The second kappa shape index (κ2) is 6.94. The average molecular weight is 418 g/mol. The van der Waals surface area contributed by atoms with Gasteiger partial charge in [0, 0.05) is 19.5 Å². The van der Waals surface area contributed by atoms with Gasteiger partial charge in [0.05, 0.1) is 18.8 Å². The number of amides is 2. The maximum absolute atomic E-state index is 15.0. The summed E-state index contributed by atoms with van der Waals surface area (Å²) in [5.41, 5.74) is 2.08. The molecule has 3 fully saturated rings. The van der Waals surface area contributed by atoms with E-state index < -0.39 is 18.8 Å². The van der Waals surface area contributed by atoms with Crippen molar-refractivity contribution in [3.05, 3.63) is 29.1 Å². The van der Waals surface area contributed by atoms with Crippen LogP contribution in [-0.2, 0) is 25.5 Å². The van der Waals surface area contributed by atoms with Gasteiger partial charge in [-0.2, -0.15) is 0 Å². The molecular weight excluding hydrogens is 395 g/mol. The number of rotatable bonds is 5. The van der Waals surface area contributed by atoms with Crippen LogP contribution >= 0.6 is 0 Å². The molecule has 3 aliphatic heterocycles. The number of likely N-dealkylation sites (tertiary alicyclic amines) is 1. The number of nitrogens with zero attached hydrogens (tertiary/aromatic N) is 2. The number of piperidine rings is 1. The summed E-state index contributed by atoms with van der Waals surface area (Å²) < 4.78 is 25.1. The fourth-order valence-electron chi connectivity index (χ4n) is 5.47. The summed E-state index contributed by atoms with van der Waals surface area (Å²) in [6.07, 6.45) is 0.126. The van der Waals surface area contributed by atoms with Gasteiger partial charge in [0.15, 0.2) is 0 Å². The predicted molar refractivity (Wildman–Crippen MR) is 101 cm³/mol. The number of carbonyl (C=O) groups is 3. The van der Waals surface area contributed by atoms with E-state index in [1.807, 2.05) is 6.07 Å². The third-order valence-electron chi connectivity index (χ3n) is 7.00. The Balaban J connectivity index is 1.32. The Kier molecular flexibility index (Phi) is 4.46. The van der Waals surface area contributed by atoms with Crippen LogP contribution < -0.4 is 4.90 Å². The molecule has 0 radical (unpaired) electrons. The fourth-order valence-corrected chi connectivity index (χ4v) is 5.47. The SMILES string of the molecule is COC(=O)CC[C@@H]1OC(=O)N2c3cc(F)c(C4C5CN(C(=O)CO)CC54)cc3C[C@@H]12. The van der Waals surface area contributed by atoms with E-state index in [0.717, 1.165) is 5.56 Å². The molecule has 2 amide bonds. The van der Waals surface area contributed by atoms with Crippen LogP contribution in [-0.4, -0.2) is 66.9 Å². The van der Waals surface area contributed by atoms with Crippen molar-refractivity contribution >= 4 is 23.7 Å². The van der Waals surface area contributed by atoms with Gasteiger partial charge >= 0.3 is 12.1 Å². The molecule has 5 rings (SSSR count). The molecular formula is C21H23FN2O6. The molecule has 30 heavy (non-hydrogen) atoms. The Bertz CT molecular complexity index is 924. The van der Waals surface area contributed by atoms with E-state index in [1.165, 1.54) is 18.1 Å². The van der Waals surface area contributed by atoms with E-state index in [4.69, 9.17) is 9.84 Å². The zero-order valence-corrected chi connectivity index (χ0v) is 16.5. The summed E-state index contributed by atoms with van der Waals surface area (Å²) in [6.45, 7) is 0.589. The van der Waals surface area contributed by atoms with Gasteiger partial charge in [0.1, 0.15) is 18.5 Å². The molecule has 160 valence electrons. The summed E-state index contributed by atoms with van der Waals surface area (Å²) in [5, 5.41) is 9.01. The van der Waals surface area contributed by atoms with E-state index in [1.54, 1.807) is 4.90 Å². The lowest BCUT2D eigenvalue weighted by atomic mass is 9.98. The Hall–Kier alpha value is -2.68. The number of hydrogen-bond acceptors (Lipinski definition) is 6. The molecule has 9 heteroatoms. The van der Waals surface area contributed by atoms with Crippen molar-refractivity contribution in [3.63, 3.8) is 0 Å². The zero-order chi connectivity index (χ0) is 21.2. The molecule has 4 atom stereocenters. The van der Waals surface area contributed by atoms with Gasteiger partial charge in [-0.25, -0.2) is 9.18 Å². The second-order valence-electron chi connectivity index (χ2n) is 8.49. The van der Waals surface area contributed by atoms with Crippen LogP contribution in [0, 0.1) is 17.7 Å². The molecule has 8 nitrogen and oxygen atoms in total. The Morgan fingerprint density at radius 1 is 1.30 bits per heavy atom. The Labute approximate surface area is 172 Å². The van der Waals surface area contributed by atoms with Crippen LogP contribution in [0.4, 0.5) is 14.9 Å². The molecule has 4 aliphatic rings. The minimum atomic E-state index is -0.512. The van der Waals surface area contributed by atoms with Gasteiger partial charge in [-0.15, -0.1) is 0 Å². The molecule has 1 aromatic carbocycles. The van der Waals surface area contributed by atoms with Crippen molar-refractivity contribution in [1.29, 1.82) is 0 Å². The summed E-state index contributed by atoms with van der Waals surface area (Å²) in [7, 11) is 1.32. The average Bonchev–Trinajstić information content (AvgIpc) is 3.07. The molecule has 1 N–H and O–H groups in total. The number of benzene rings is 1. The summed E-state index contributed by atoms with van der Waals surface area (Å²) in [5.74, 6) is -0.496. The maximum atomic E-state index is 15.0. The van der Waals surface area contributed by atoms with Crippen LogP contribution in [0.5, 0.6) is 0 Å². The third-order valence-corrected chi connectivity index (χ3v) is 7.00. The molecule has 2 unspecified atom stereocenters. The van der Waals surface area contributed by atoms with E-state index >= 15 is 0 Å². The van der Waals surface area contributed by atoms with Gasteiger partial charge in [-0.05, 0) is 47.8 Å². The molecule has 3 heterocycles. The second-order valence-corrected chi connectivity index (χ2v) is 8.49. The molecule has 2 saturated heterocycles. The molecule has 0 spiro atoms. The number of hydrogen-bond donors (Lipinski definition) is 1. The molecule has 0 bridgehead atoms. The Morgan fingerprint density at radius 3 is 2.70 bits per heavy atom. The number of ether oxygens (including phenoxy) is 2. The van der Waals surface area contributed by atoms with Crippen molar-refractivity contribution in [3.8, 4) is 0 Å². The van der Waals surface area contributed by atoms with Crippen LogP contribution in [0.3, 0.4) is 0 Å². The number of methoxy groups -OCH3 is 1. The van der Waals surface area contributed by atoms with E-state index in [2.05, 4.69) is 4.74 Å². The third kappa shape index (κ3) is 2.86. The number of esters is 1. The Morgan fingerprint density at radius 2 is 2.03 bits per heavy atom. The van der Waals surface area contributed by atoms with Gasteiger partial charge in [-0.1, -0.05) is 6.07 Å². The number of aliphatic hydroxyl groups excluding tert-OH is 1. The highest BCUT2D eigenvalue weighted by Crippen LogP contribution is 2.59.